The van der Waals surface area contributed by atoms with Gasteiger partial charge in [-0.15, -0.1) is 21.5 Å². The third kappa shape index (κ3) is 3.18. The molecule has 1 atom stereocenters. The number of amides is 1. The number of thiazole rings is 1. The Labute approximate surface area is 125 Å². The minimum Gasteiger partial charge on any atom is -0.410 e. The predicted molar refractivity (Wildman–Crippen MR) is 78.9 cm³/mol. The van der Waals surface area contributed by atoms with E-state index in [2.05, 4.69) is 15.2 Å². The van der Waals surface area contributed by atoms with Crippen molar-refractivity contribution >= 4 is 29.0 Å². The van der Waals surface area contributed by atoms with Crippen LogP contribution in [0.5, 0.6) is 0 Å². The number of hydrogen-bond acceptors (Lipinski definition) is 7. The lowest BCUT2D eigenvalue weighted by Crippen LogP contribution is -2.29. The van der Waals surface area contributed by atoms with Gasteiger partial charge in [0.05, 0.1) is 16.0 Å². The number of rotatable bonds is 4. The monoisotopic (exact) mass is 312 g/mol. The Morgan fingerprint density at radius 1 is 1.35 bits per heavy atom. The second-order valence-corrected chi connectivity index (χ2v) is 7.01. The molecule has 2 aromatic heterocycles. The van der Waals surface area contributed by atoms with Gasteiger partial charge in [0.2, 0.25) is 5.91 Å². The van der Waals surface area contributed by atoms with Gasteiger partial charge in [0.25, 0.3) is 11.1 Å². The third-order valence-corrected chi connectivity index (χ3v) is 4.55. The molecule has 0 aliphatic rings. The zero-order valence-electron chi connectivity index (χ0n) is 12.0. The quantitative estimate of drug-likeness (QED) is 0.807. The molecule has 0 saturated carbocycles. The van der Waals surface area contributed by atoms with Crippen LogP contribution >= 0.6 is 23.1 Å². The highest BCUT2D eigenvalue weighted by molar-refractivity contribution is 8.00. The molecular formula is C12H16N4O2S2. The molecule has 6 nitrogen and oxygen atoms in total. The van der Waals surface area contributed by atoms with Crippen LogP contribution in [0.2, 0.25) is 0 Å². The molecular weight excluding hydrogens is 296 g/mol. The Kier molecular flexibility index (Phi) is 4.44. The molecule has 20 heavy (non-hydrogen) atoms. The first-order chi connectivity index (χ1) is 9.38. The van der Waals surface area contributed by atoms with E-state index in [0.29, 0.717) is 11.1 Å². The molecule has 2 aromatic rings. The van der Waals surface area contributed by atoms with Crippen molar-refractivity contribution < 1.29 is 9.21 Å². The van der Waals surface area contributed by atoms with Crippen LogP contribution in [0.1, 0.15) is 17.6 Å². The highest BCUT2D eigenvalue weighted by Gasteiger charge is 2.21. The van der Waals surface area contributed by atoms with Gasteiger partial charge in [-0.25, -0.2) is 4.98 Å². The van der Waals surface area contributed by atoms with Crippen molar-refractivity contribution in [1.29, 1.82) is 0 Å². The molecule has 8 heteroatoms. The standard InChI is InChI=1S/C12H16N4O2S2/c1-6-9(20-8(3)13-6)10-14-15-12(18-10)19-7(2)11(17)16(4)5/h7H,1-5H3. The topological polar surface area (TPSA) is 72.1 Å². The minimum atomic E-state index is -0.261. The summed E-state index contributed by atoms with van der Waals surface area (Å²) in [5.41, 5.74) is 0.880. The van der Waals surface area contributed by atoms with E-state index in [9.17, 15) is 4.79 Å². The number of carbonyl (C=O) groups is 1. The molecule has 0 aliphatic heterocycles. The zero-order valence-corrected chi connectivity index (χ0v) is 13.6. The van der Waals surface area contributed by atoms with E-state index < -0.39 is 0 Å². The maximum absolute atomic E-state index is 11.8. The maximum atomic E-state index is 11.8. The molecule has 108 valence electrons. The molecule has 0 radical (unpaired) electrons. The van der Waals surface area contributed by atoms with Gasteiger partial charge >= 0.3 is 0 Å². The number of carbonyl (C=O) groups excluding carboxylic acids is 1. The van der Waals surface area contributed by atoms with E-state index in [-0.39, 0.29) is 11.2 Å². The summed E-state index contributed by atoms with van der Waals surface area (Å²) >= 11 is 2.78. The van der Waals surface area contributed by atoms with E-state index >= 15 is 0 Å². The highest BCUT2D eigenvalue weighted by Crippen LogP contribution is 2.31. The average molecular weight is 312 g/mol. The summed E-state index contributed by atoms with van der Waals surface area (Å²) in [6.07, 6.45) is 0. The Bertz CT molecular complexity index is 621. The molecule has 2 heterocycles. The molecule has 0 fully saturated rings. The van der Waals surface area contributed by atoms with E-state index in [0.717, 1.165) is 15.6 Å². The van der Waals surface area contributed by atoms with Crippen molar-refractivity contribution in [3.63, 3.8) is 0 Å². The number of aryl methyl sites for hydroxylation is 2. The van der Waals surface area contributed by atoms with Gasteiger partial charge in [-0.2, -0.15) is 0 Å². The van der Waals surface area contributed by atoms with Crippen LogP contribution in [-0.2, 0) is 4.79 Å². The average Bonchev–Trinajstić information content (AvgIpc) is 2.94. The Morgan fingerprint density at radius 2 is 2.05 bits per heavy atom. The molecule has 0 N–H and O–H groups in total. The summed E-state index contributed by atoms with van der Waals surface area (Å²) in [5.74, 6) is 0.472. The number of thioether (sulfide) groups is 1. The minimum absolute atomic E-state index is 0.0135. The molecule has 1 unspecified atom stereocenters. The van der Waals surface area contributed by atoms with Crippen LogP contribution in [0.4, 0.5) is 0 Å². The fourth-order valence-electron chi connectivity index (χ4n) is 1.64. The Morgan fingerprint density at radius 3 is 2.60 bits per heavy atom. The normalized spacial score (nSPS) is 12.4. The van der Waals surface area contributed by atoms with Crippen LogP contribution in [0, 0.1) is 13.8 Å². The maximum Gasteiger partial charge on any atom is 0.277 e. The SMILES string of the molecule is Cc1nc(C)c(-c2nnc(SC(C)C(=O)N(C)C)o2)s1. The van der Waals surface area contributed by atoms with Gasteiger partial charge in [-0.05, 0) is 20.8 Å². The Hall–Kier alpha value is -1.41. The lowest BCUT2D eigenvalue weighted by molar-refractivity contribution is -0.127. The van der Waals surface area contributed by atoms with Gasteiger partial charge in [0, 0.05) is 14.1 Å². The van der Waals surface area contributed by atoms with Crippen molar-refractivity contribution in [2.75, 3.05) is 14.1 Å². The van der Waals surface area contributed by atoms with Crippen molar-refractivity contribution in [2.24, 2.45) is 0 Å². The van der Waals surface area contributed by atoms with Crippen molar-refractivity contribution in [1.82, 2.24) is 20.1 Å². The number of hydrogen-bond donors (Lipinski definition) is 0. The largest absolute Gasteiger partial charge is 0.410 e. The van der Waals surface area contributed by atoms with Crippen molar-refractivity contribution in [2.45, 2.75) is 31.2 Å². The van der Waals surface area contributed by atoms with Gasteiger partial charge in [0.15, 0.2) is 0 Å². The van der Waals surface area contributed by atoms with Crippen LogP contribution in [-0.4, -0.2) is 45.3 Å². The lowest BCUT2D eigenvalue weighted by atomic mass is 10.4. The molecule has 0 aliphatic carbocycles. The first kappa shape index (κ1) is 15.0. The van der Waals surface area contributed by atoms with Crippen LogP contribution < -0.4 is 0 Å². The fraction of sp³-hybridized carbons (Fsp3) is 0.500. The van der Waals surface area contributed by atoms with E-state index in [4.69, 9.17) is 4.42 Å². The number of aromatic nitrogens is 3. The first-order valence-electron chi connectivity index (χ1n) is 6.04. The second-order valence-electron chi connectivity index (χ2n) is 4.51. The summed E-state index contributed by atoms with van der Waals surface area (Å²) < 4.78 is 5.60. The lowest BCUT2D eigenvalue weighted by Gasteiger charge is -2.14. The third-order valence-electron chi connectivity index (χ3n) is 2.57. The van der Waals surface area contributed by atoms with Gasteiger partial charge < -0.3 is 9.32 Å². The first-order valence-corrected chi connectivity index (χ1v) is 7.74. The van der Waals surface area contributed by atoms with Gasteiger partial charge in [0.1, 0.15) is 4.88 Å². The number of nitrogens with zero attached hydrogens (tertiary/aromatic N) is 4. The molecule has 0 aromatic carbocycles. The molecule has 0 spiro atoms. The van der Waals surface area contributed by atoms with Crippen molar-refractivity contribution in [3.05, 3.63) is 10.7 Å². The second kappa shape index (κ2) is 5.92. The molecule has 0 bridgehead atoms. The Balaban J connectivity index is 2.14. The van der Waals surface area contributed by atoms with E-state index in [1.165, 1.54) is 23.1 Å². The van der Waals surface area contributed by atoms with Crippen molar-refractivity contribution in [3.8, 4) is 10.8 Å². The summed E-state index contributed by atoms with van der Waals surface area (Å²) in [5, 5.41) is 9.10. The van der Waals surface area contributed by atoms with Crippen LogP contribution in [0.3, 0.4) is 0 Å². The van der Waals surface area contributed by atoms with E-state index in [1.54, 1.807) is 19.0 Å². The van der Waals surface area contributed by atoms with Crippen LogP contribution in [0.25, 0.3) is 10.8 Å². The summed E-state index contributed by atoms with van der Waals surface area (Å²) in [6, 6.07) is 0. The fourth-order valence-corrected chi connectivity index (χ4v) is 3.31. The molecule has 2 rings (SSSR count). The van der Waals surface area contributed by atoms with Gasteiger partial charge in [-0.1, -0.05) is 11.8 Å². The van der Waals surface area contributed by atoms with Gasteiger partial charge in [-0.3, -0.25) is 4.79 Å². The molecule has 1 amide bonds. The summed E-state index contributed by atoms with van der Waals surface area (Å²) in [6.45, 7) is 5.66. The highest BCUT2D eigenvalue weighted by atomic mass is 32.2. The predicted octanol–water partition coefficient (Wildman–Crippen LogP) is 2.38. The molecule has 0 saturated heterocycles. The van der Waals surface area contributed by atoms with Crippen LogP contribution in [0.15, 0.2) is 9.64 Å². The zero-order chi connectivity index (χ0) is 14.9. The summed E-state index contributed by atoms with van der Waals surface area (Å²) in [7, 11) is 3.45. The smallest absolute Gasteiger partial charge is 0.277 e. The van der Waals surface area contributed by atoms with E-state index in [1.807, 2.05) is 20.8 Å². The summed E-state index contributed by atoms with van der Waals surface area (Å²) in [4.78, 5) is 18.6.